The number of ether oxygens (including phenoxy) is 1. The molecule has 0 spiro atoms. The van der Waals surface area contributed by atoms with E-state index in [1.165, 1.54) is 5.56 Å². The average Bonchev–Trinajstić information content (AvgIpc) is 2.98. The summed E-state index contributed by atoms with van der Waals surface area (Å²) in [4.78, 5) is 25.9. The normalized spacial score (nSPS) is 19.8. The second kappa shape index (κ2) is 6.80. The van der Waals surface area contributed by atoms with Crippen molar-refractivity contribution in [3.8, 4) is 0 Å². The lowest BCUT2D eigenvalue weighted by Gasteiger charge is -2.28. The van der Waals surface area contributed by atoms with Crippen molar-refractivity contribution < 1.29 is 9.53 Å². The second-order valence-electron chi connectivity index (χ2n) is 6.55. The van der Waals surface area contributed by atoms with E-state index < -0.39 is 0 Å². The number of amides is 1. The number of rotatable bonds is 3. The van der Waals surface area contributed by atoms with Gasteiger partial charge >= 0.3 is 0 Å². The molecule has 1 atom stereocenters. The van der Waals surface area contributed by atoms with Gasteiger partial charge in [-0.2, -0.15) is 0 Å². The third kappa shape index (κ3) is 3.22. The Kier molecular flexibility index (Phi) is 4.36. The molecule has 2 aliphatic rings. The fraction of sp³-hybridized carbons (Fsp3) is 0.421. The Morgan fingerprint density at radius 2 is 2.04 bits per heavy atom. The van der Waals surface area contributed by atoms with Crippen LogP contribution in [0.2, 0.25) is 0 Å². The average molecular weight is 338 g/mol. The summed E-state index contributed by atoms with van der Waals surface area (Å²) in [6.07, 6.45) is 2.86. The van der Waals surface area contributed by atoms with Crippen molar-refractivity contribution in [2.45, 2.75) is 25.8 Å². The van der Waals surface area contributed by atoms with Crippen molar-refractivity contribution in [2.24, 2.45) is 0 Å². The van der Waals surface area contributed by atoms with E-state index in [1.807, 2.05) is 29.2 Å². The third-order valence-electron chi connectivity index (χ3n) is 4.81. The maximum absolute atomic E-state index is 12.9. The Bertz CT molecular complexity index is 774. The van der Waals surface area contributed by atoms with Crippen LogP contribution in [0.1, 0.15) is 18.3 Å². The molecule has 0 saturated carbocycles. The molecule has 2 aliphatic heterocycles. The minimum Gasteiger partial charge on any atom is -0.378 e. The Labute approximate surface area is 147 Å². The van der Waals surface area contributed by atoms with E-state index in [0.29, 0.717) is 19.0 Å². The third-order valence-corrected chi connectivity index (χ3v) is 4.81. The van der Waals surface area contributed by atoms with Gasteiger partial charge in [0.15, 0.2) is 0 Å². The molecule has 4 rings (SSSR count). The monoisotopic (exact) mass is 338 g/mol. The molecular weight excluding hydrogens is 316 g/mol. The van der Waals surface area contributed by atoms with E-state index in [1.54, 1.807) is 6.20 Å². The van der Waals surface area contributed by atoms with Gasteiger partial charge in [-0.3, -0.25) is 4.79 Å². The number of carbonyl (C=O) groups excluding carboxylic acids is 1. The largest absolute Gasteiger partial charge is 0.378 e. The number of morpholine rings is 1. The van der Waals surface area contributed by atoms with Gasteiger partial charge in [0.2, 0.25) is 5.91 Å². The van der Waals surface area contributed by atoms with Crippen LogP contribution in [0.5, 0.6) is 0 Å². The Morgan fingerprint density at radius 1 is 1.24 bits per heavy atom. The lowest BCUT2D eigenvalue weighted by molar-refractivity contribution is -0.118. The summed E-state index contributed by atoms with van der Waals surface area (Å²) in [5.41, 5.74) is 2.25. The molecule has 130 valence electrons. The van der Waals surface area contributed by atoms with E-state index in [9.17, 15) is 4.79 Å². The fourth-order valence-electron chi connectivity index (χ4n) is 3.61. The van der Waals surface area contributed by atoms with E-state index in [-0.39, 0.29) is 18.4 Å². The highest BCUT2D eigenvalue weighted by atomic mass is 16.5. The van der Waals surface area contributed by atoms with Crippen molar-refractivity contribution in [3.05, 3.63) is 47.9 Å². The molecule has 1 unspecified atom stereocenters. The first-order chi connectivity index (χ1) is 12.2. The first-order valence-corrected chi connectivity index (χ1v) is 8.77. The van der Waals surface area contributed by atoms with Crippen molar-refractivity contribution in [1.82, 2.24) is 9.97 Å². The molecule has 1 saturated heterocycles. The lowest BCUT2D eigenvalue weighted by Crippen LogP contribution is -2.38. The summed E-state index contributed by atoms with van der Waals surface area (Å²) in [6.45, 7) is 5.14. The zero-order valence-electron chi connectivity index (χ0n) is 14.4. The second-order valence-corrected chi connectivity index (χ2v) is 6.55. The van der Waals surface area contributed by atoms with Gasteiger partial charge in [-0.25, -0.2) is 9.97 Å². The predicted octanol–water partition coefficient (Wildman–Crippen LogP) is 1.83. The molecule has 1 aromatic heterocycles. The molecule has 1 fully saturated rings. The molecule has 0 N–H and O–H groups in total. The first-order valence-electron chi connectivity index (χ1n) is 8.77. The summed E-state index contributed by atoms with van der Waals surface area (Å²) in [7, 11) is 0. The molecule has 6 nitrogen and oxygen atoms in total. The number of aromatic nitrogens is 2. The van der Waals surface area contributed by atoms with Crippen LogP contribution in [0.3, 0.4) is 0 Å². The highest BCUT2D eigenvalue weighted by molar-refractivity contribution is 5.97. The number of carbonyl (C=O) groups is 1. The van der Waals surface area contributed by atoms with Crippen molar-refractivity contribution in [1.29, 1.82) is 0 Å². The van der Waals surface area contributed by atoms with Gasteiger partial charge in [0.05, 0.1) is 19.6 Å². The maximum atomic E-state index is 12.9. The molecule has 2 aromatic rings. The number of hydrogen-bond donors (Lipinski definition) is 0. The van der Waals surface area contributed by atoms with Gasteiger partial charge < -0.3 is 14.5 Å². The van der Waals surface area contributed by atoms with Crippen LogP contribution in [0.15, 0.2) is 36.5 Å². The molecule has 0 radical (unpaired) electrons. The van der Waals surface area contributed by atoms with Crippen LogP contribution in [0.25, 0.3) is 0 Å². The van der Waals surface area contributed by atoms with Crippen molar-refractivity contribution in [2.75, 3.05) is 36.1 Å². The van der Waals surface area contributed by atoms with Gasteiger partial charge in [-0.15, -0.1) is 0 Å². The first kappa shape index (κ1) is 16.0. The van der Waals surface area contributed by atoms with Crippen LogP contribution in [-0.4, -0.2) is 48.2 Å². The van der Waals surface area contributed by atoms with Crippen LogP contribution in [0, 0.1) is 0 Å². The van der Waals surface area contributed by atoms with Crippen molar-refractivity contribution >= 4 is 17.4 Å². The summed E-state index contributed by atoms with van der Waals surface area (Å²) in [6, 6.07) is 10.2. The molecule has 6 heteroatoms. The number of para-hydroxylation sites is 1. The van der Waals surface area contributed by atoms with Gasteiger partial charge in [-0.05, 0) is 31.0 Å². The number of fused-ring (bicyclic) bond motifs is 1. The van der Waals surface area contributed by atoms with Gasteiger partial charge in [0.25, 0.3) is 0 Å². The van der Waals surface area contributed by atoms with Crippen LogP contribution < -0.4 is 9.80 Å². The maximum Gasteiger partial charge on any atom is 0.234 e. The predicted molar refractivity (Wildman–Crippen MR) is 95.9 cm³/mol. The molecule has 25 heavy (non-hydrogen) atoms. The summed E-state index contributed by atoms with van der Waals surface area (Å²) in [5.74, 6) is 1.50. The van der Waals surface area contributed by atoms with Crippen molar-refractivity contribution in [3.63, 3.8) is 0 Å². The van der Waals surface area contributed by atoms with Gasteiger partial charge in [0.1, 0.15) is 11.6 Å². The number of hydrogen-bond acceptors (Lipinski definition) is 5. The SMILES string of the molecule is CC1Cc2ccccc2N1C(=O)Cc1nccc(N2CCOCC2)n1. The lowest BCUT2D eigenvalue weighted by atomic mass is 10.1. The zero-order valence-corrected chi connectivity index (χ0v) is 14.4. The standard InChI is InChI=1S/C19H22N4O2/c1-14-12-15-4-2-3-5-16(15)23(14)19(24)13-17-20-7-6-18(21-17)22-8-10-25-11-9-22/h2-7,14H,8-13H2,1H3. The minimum atomic E-state index is 0.0524. The smallest absolute Gasteiger partial charge is 0.234 e. The Hall–Kier alpha value is -2.47. The van der Waals surface area contributed by atoms with Crippen LogP contribution >= 0.6 is 0 Å². The van der Waals surface area contributed by atoms with Crippen LogP contribution in [-0.2, 0) is 22.4 Å². The Balaban J connectivity index is 1.51. The molecule has 1 amide bonds. The summed E-state index contributed by atoms with van der Waals surface area (Å²) < 4.78 is 5.38. The fourth-order valence-corrected chi connectivity index (χ4v) is 3.61. The molecule has 3 heterocycles. The van der Waals surface area contributed by atoms with E-state index in [4.69, 9.17) is 4.74 Å². The van der Waals surface area contributed by atoms with E-state index in [0.717, 1.165) is 31.0 Å². The number of benzene rings is 1. The highest BCUT2D eigenvalue weighted by Crippen LogP contribution is 2.32. The topological polar surface area (TPSA) is 58.6 Å². The van der Waals surface area contributed by atoms with Gasteiger partial charge in [-0.1, -0.05) is 18.2 Å². The number of nitrogens with zero attached hydrogens (tertiary/aromatic N) is 4. The summed E-state index contributed by atoms with van der Waals surface area (Å²) >= 11 is 0. The van der Waals surface area contributed by atoms with Gasteiger partial charge in [0, 0.05) is 31.0 Å². The Morgan fingerprint density at radius 3 is 2.88 bits per heavy atom. The quantitative estimate of drug-likeness (QED) is 0.855. The zero-order chi connectivity index (χ0) is 17.2. The number of anilines is 2. The van der Waals surface area contributed by atoms with E-state index in [2.05, 4.69) is 27.9 Å². The molecule has 0 aliphatic carbocycles. The highest BCUT2D eigenvalue weighted by Gasteiger charge is 2.30. The molecule has 1 aromatic carbocycles. The minimum absolute atomic E-state index is 0.0524. The van der Waals surface area contributed by atoms with E-state index >= 15 is 0 Å². The summed E-state index contributed by atoms with van der Waals surface area (Å²) in [5, 5.41) is 0. The molecular formula is C19H22N4O2. The van der Waals surface area contributed by atoms with Crippen LogP contribution in [0.4, 0.5) is 11.5 Å². The molecule has 0 bridgehead atoms.